The number of carbonyl (C=O) groups is 2. The number of carbonyl (C=O) groups excluding carboxylic acids is 2. The van der Waals surface area contributed by atoms with Gasteiger partial charge in [-0.3, -0.25) is 9.59 Å². The third kappa shape index (κ3) is 2.79. The molecule has 0 heterocycles. The molecule has 1 aliphatic carbocycles. The lowest BCUT2D eigenvalue weighted by molar-refractivity contribution is -0.128. The number of primary amides is 1. The van der Waals surface area contributed by atoms with Gasteiger partial charge in [0.15, 0.2) is 0 Å². The highest BCUT2D eigenvalue weighted by atomic mass is 16.2. The summed E-state index contributed by atoms with van der Waals surface area (Å²) < 4.78 is 0. The Kier molecular flexibility index (Phi) is 2.91. The molecule has 0 spiro atoms. The predicted octanol–water partition coefficient (Wildman–Crippen LogP) is -0.610. The van der Waals surface area contributed by atoms with Crippen LogP contribution >= 0.6 is 0 Å². The summed E-state index contributed by atoms with van der Waals surface area (Å²) in [5, 5.41) is 2.52. The quantitative estimate of drug-likeness (QED) is 0.566. The van der Waals surface area contributed by atoms with Crippen LogP contribution in [0.1, 0.15) is 19.3 Å². The molecule has 0 aromatic rings. The molecule has 2 amide bonds. The minimum atomic E-state index is -0.710. The van der Waals surface area contributed by atoms with E-state index in [0.717, 1.165) is 12.8 Å². The Bertz CT molecular complexity index is 263. The molecule has 0 bridgehead atoms. The number of rotatable bonds is 4. The fourth-order valence-corrected chi connectivity index (χ4v) is 0.976. The van der Waals surface area contributed by atoms with Crippen LogP contribution in [0, 0.1) is 18.3 Å². The highest BCUT2D eigenvalue weighted by Gasteiger charge is 2.31. The highest BCUT2D eigenvalue weighted by Crippen LogP contribution is 2.28. The first-order valence-electron chi connectivity index (χ1n) is 4.18. The second-order valence-electron chi connectivity index (χ2n) is 3.15. The average molecular weight is 180 g/mol. The molecule has 0 aromatic heterocycles. The van der Waals surface area contributed by atoms with E-state index in [0.29, 0.717) is 0 Å². The van der Waals surface area contributed by atoms with Gasteiger partial charge in [-0.15, -0.1) is 12.3 Å². The molecule has 1 aliphatic rings. The Balaban J connectivity index is 2.41. The lowest BCUT2D eigenvalue weighted by Crippen LogP contribution is -2.44. The van der Waals surface area contributed by atoms with Crippen molar-refractivity contribution in [2.45, 2.75) is 25.3 Å². The van der Waals surface area contributed by atoms with Gasteiger partial charge in [0, 0.05) is 12.3 Å². The standard InChI is InChI=1S/C9H12N2O2/c1-2-3-7(8(10)12)11-9(13)6-4-5-6/h1,6-7H,3-5H2,(H2,10,12)(H,11,13)/t7-/m1/s1. The molecule has 0 unspecified atom stereocenters. The molecule has 1 rings (SSSR count). The summed E-state index contributed by atoms with van der Waals surface area (Å²) in [5.74, 6) is 1.68. The van der Waals surface area contributed by atoms with Gasteiger partial charge in [0.2, 0.25) is 11.8 Å². The van der Waals surface area contributed by atoms with Gasteiger partial charge in [-0.2, -0.15) is 0 Å². The molecule has 0 aliphatic heterocycles. The molecule has 1 fully saturated rings. The topological polar surface area (TPSA) is 72.2 Å². The summed E-state index contributed by atoms with van der Waals surface area (Å²) in [6, 6.07) is -0.710. The summed E-state index contributed by atoms with van der Waals surface area (Å²) in [7, 11) is 0. The highest BCUT2D eigenvalue weighted by molar-refractivity contribution is 5.88. The van der Waals surface area contributed by atoms with E-state index in [4.69, 9.17) is 12.2 Å². The summed E-state index contributed by atoms with van der Waals surface area (Å²) in [4.78, 5) is 22.0. The number of amides is 2. The van der Waals surface area contributed by atoms with E-state index in [1.807, 2.05) is 0 Å². The molecule has 13 heavy (non-hydrogen) atoms. The van der Waals surface area contributed by atoms with Crippen LogP contribution in [0.25, 0.3) is 0 Å². The maximum Gasteiger partial charge on any atom is 0.240 e. The van der Waals surface area contributed by atoms with Gasteiger partial charge in [-0.1, -0.05) is 0 Å². The first kappa shape index (κ1) is 9.59. The molecule has 0 aromatic carbocycles. The maximum atomic E-state index is 11.2. The lowest BCUT2D eigenvalue weighted by atomic mass is 10.2. The van der Waals surface area contributed by atoms with E-state index >= 15 is 0 Å². The Morgan fingerprint density at radius 3 is 2.62 bits per heavy atom. The van der Waals surface area contributed by atoms with E-state index in [9.17, 15) is 9.59 Å². The number of terminal acetylenes is 1. The minimum absolute atomic E-state index is 0.0691. The Morgan fingerprint density at radius 1 is 1.62 bits per heavy atom. The van der Waals surface area contributed by atoms with Crippen molar-refractivity contribution in [1.29, 1.82) is 0 Å². The van der Waals surface area contributed by atoms with Gasteiger partial charge in [0.05, 0.1) is 0 Å². The fraction of sp³-hybridized carbons (Fsp3) is 0.556. The first-order chi connectivity index (χ1) is 6.15. The Labute approximate surface area is 76.9 Å². The lowest BCUT2D eigenvalue weighted by Gasteiger charge is -2.11. The van der Waals surface area contributed by atoms with Crippen molar-refractivity contribution in [3.63, 3.8) is 0 Å². The van der Waals surface area contributed by atoms with E-state index in [2.05, 4.69) is 11.2 Å². The minimum Gasteiger partial charge on any atom is -0.368 e. The molecule has 0 radical (unpaired) electrons. The molecule has 1 atom stereocenters. The van der Waals surface area contributed by atoms with Crippen molar-refractivity contribution < 1.29 is 9.59 Å². The van der Waals surface area contributed by atoms with Crippen LogP contribution in [0.15, 0.2) is 0 Å². The smallest absolute Gasteiger partial charge is 0.240 e. The van der Waals surface area contributed by atoms with Gasteiger partial charge >= 0.3 is 0 Å². The maximum absolute atomic E-state index is 11.2. The zero-order chi connectivity index (χ0) is 9.84. The van der Waals surface area contributed by atoms with Gasteiger partial charge in [-0.25, -0.2) is 0 Å². The van der Waals surface area contributed by atoms with Crippen molar-refractivity contribution in [3.05, 3.63) is 0 Å². The third-order valence-corrected chi connectivity index (χ3v) is 1.93. The number of nitrogens with two attached hydrogens (primary N) is 1. The SMILES string of the molecule is C#CC[C@@H](NC(=O)C1CC1)C(N)=O. The third-order valence-electron chi connectivity index (χ3n) is 1.93. The van der Waals surface area contributed by atoms with Crippen LogP contribution in [-0.2, 0) is 9.59 Å². The van der Waals surface area contributed by atoms with E-state index < -0.39 is 11.9 Å². The van der Waals surface area contributed by atoms with E-state index in [-0.39, 0.29) is 18.2 Å². The van der Waals surface area contributed by atoms with Crippen LogP contribution in [0.4, 0.5) is 0 Å². The van der Waals surface area contributed by atoms with Crippen molar-refractivity contribution in [2.75, 3.05) is 0 Å². The van der Waals surface area contributed by atoms with Gasteiger partial charge in [0.1, 0.15) is 6.04 Å². The summed E-state index contributed by atoms with van der Waals surface area (Å²) >= 11 is 0. The van der Waals surface area contributed by atoms with Crippen LogP contribution in [0.5, 0.6) is 0 Å². The zero-order valence-electron chi connectivity index (χ0n) is 7.25. The van der Waals surface area contributed by atoms with E-state index in [1.54, 1.807) is 0 Å². The van der Waals surface area contributed by atoms with Crippen molar-refractivity contribution in [3.8, 4) is 12.3 Å². The van der Waals surface area contributed by atoms with Crippen molar-refractivity contribution in [2.24, 2.45) is 11.7 Å². The largest absolute Gasteiger partial charge is 0.368 e. The monoisotopic (exact) mass is 180 g/mol. The molecule has 3 N–H and O–H groups in total. The number of hydrogen-bond acceptors (Lipinski definition) is 2. The molecular formula is C9H12N2O2. The first-order valence-corrected chi connectivity index (χ1v) is 4.18. The zero-order valence-corrected chi connectivity index (χ0v) is 7.25. The molecular weight excluding hydrogens is 168 g/mol. The Hall–Kier alpha value is -1.50. The molecule has 0 saturated heterocycles. The number of hydrogen-bond donors (Lipinski definition) is 2. The van der Waals surface area contributed by atoms with Crippen LogP contribution in [0.3, 0.4) is 0 Å². The predicted molar refractivity (Wildman–Crippen MR) is 47.3 cm³/mol. The Morgan fingerprint density at radius 2 is 2.23 bits per heavy atom. The fourth-order valence-electron chi connectivity index (χ4n) is 0.976. The van der Waals surface area contributed by atoms with Gasteiger partial charge < -0.3 is 11.1 Å². The van der Waals surface area contributed by atoms with Gasteiger partial charge in [-0.05, 0) is 12.8 Å². The van der Waals surface area contributed by atoms with Gasteiger partial charge in [0.25, 0.3) is 0 Å². The summed E-state index contributed by atoms with van der Waals surface area (Å²) in [6.45, 7) is 0. The van der Waals surface area contributed by atoms with Crippen molar-refractivity contribution >= 4 is 11.8 Å². The van der Waals surface area contributed by atoms with Crippen LogP contribution in [-0.4, -0.2) is 17.9 Å². The normalized spacial score (nSPS) is 17.2. The second-order valence-corrected chi connectivity index (χ2v) is 3.15. The molecule has 4 nitrogen and oxygen atoms in total. The molecule has 1 saturated carbocycles. The van der Waals surface area contributed by atoms with Crippen LogP contribution < -0.4 is 11.1 Å². The van der Waals surface area contributed by atoms with Crippen LogP contribution in [0.2, 0.25) is 0 Å². The average Bonchev–Trinajstić information content (AvgIpc) is 2.85. The summed E-state index contributed by atoms with van der Waals surface area (Å²) in [5.41, 5.74) is 5.04. The van der Waals surface area contributed by atoms with Crippen molar-refractivity contribution in [1.82, 2.24) is 5.32 Å². The number of nitrogens with one attached hydrogen (secondary N) is 1. The molecule has 70 valence electrons. The molecule has 4 heteroatoms. The second kappa shape index (κ2) is 3.94. The summed E-state index contributed by atoms with van der Waals surface area (Å²) in [6.07, 6.45) is 6.98. The van der Waals surface area contributed by atoms with E-state index in [1.165, 1.54) is 0 Å².